The number of alkyl halides is 1. The van der Waals surface area contributed by atoms with Crippen molar-refractivity contribution in [2.45, 2.75) is 38.8 Å². The van der Waals surface area contributed by atoms with E-state index in [9.17, 15) is 9.18 Å². The van der Waals surface area contributed by atoms with Gasteiger partial charge < -0.3 is 19.7 Å². The van der Waals surface area contributed by atoms with Crippen LogP contribution >= 0.6 is 0 Å². The second-order valence-corrected chi connectivity index (χ2v) is 5.59. The molecule has 1 aliphatic rings. The van der Waals surface area contributed by atoms with E-state index in [2.05, 4.69) is 15.3 Å². The number of carbonyl (C=O) groups is 1. The number of methoxy groups -OCH3 is 1. The van der Waals surface area contributed by atoms with Crippen LogP contribution in [0.1, 0.15) is 25.2 Å². The van der Waals surface area contributed by atoms with Crippen LogP contribution in [0.3, 0.4) is 0 Å². The minimum Gasteiger partial charge on any atom is -0.453 e. The number of nitrogens with zero attached hydrogens (tertiary/aromatic N) is 3. The van der Waals surface area contributed by atoms with Gasteiger partial charge in [-0.15, -0.1) is 0 Å². The molecule has 1 aromatic rings. The first-order valence-electron chi connectivity index (χ1n) is 8.24. The Hall–Kier alpha value is -1.96. The monoisotopic (exact) mass is 340 g/mol. The van der Waals surface area contributed by atoms with Gasteiger partial charge in [0.05, 0.1) is 43.8 Å². The minimum absolute atomic E-state index is 0.000821. The number of carbonyl (C=O) groups excluding carboxylic acids is 1. The molecule has 24 heavy (non-hydrogen) atoms. The summed E-state index contributed by atoms with van der Waals surface area (Å²) in [6.07, 6.45) is 2.56. The summed E-state index contributed by atoms with van der Waals surface area (Å²) in [4.78, 5) is 22.3. The van der Waals surface area contributed by atoms with Crippen LogP contribution in [0.2, 0.25) is 0 Å². The average Bonchev–Trinajstić information content (AvgIpc) is 3.01. The molecule has 1 saturated heterocycles. The van der Waals surface area contributed by atoms with Crippen LogP contribution in [0, 0.1) is 0 Å². The summed E-state index contributed by atoms with van der Waals surface area (Å²) in [5.74, 6) is 0.697. The van der Waals surface area contributed by atoms with Crippen molar-refractivity contribution >= 4 is 11.9 Å². The van der Waals surface area contributed by atoms with Gasteiger partial charge in [-0.05, 0) is 12.8 Å². The molecule has 0 unspecified atom stereocenters. The van der Waals surface area contributed by atoms with E-state index in [0.717, 1.165) is 24.2 Å². The lowest BCUT2D eigenvalue weighted by Crippen LogP contribution is -2.35. The third kappa shape index (κ3) is 4.31. The van der Waals surface area contributed by atoms with Crippen LogP contribution in [-0.2, 0) is 22.3 Å². The molecule has 0 bridgehead atoms. The normalized spacial score (nSPS) is 20.2. The Morgan fingerprint density at radius 1 is 1.42 bits per heavy atom. The van der Waals surface area contributed by atoms with E-state index in [1.807, 2.05) is 13.8 Å². The summed E-state index contributed by atoms with van der Waals surface area (Å²) in [5.41, 5.74) is 1.74. The molecule has 0 aliphatic carbocycles. The van der Waals surface area contributed by atoms with Gasteiger partial charge in [-0.2, -0.15) is 0 Å². The zero-order valence-corrected chi connectivity index (χ0v) is 14.4. The highest BCUT2D eigenvalue weighted by atomic mass is 19.1. The van der Waals surface area contributed by atoms with Crippen LogP contribution in [0.15, 0.2) is 6.20 Å². The smallest absolute Gasteiger partial charge is 0.409 e. The number of aryl methyl sites for hydroxylation is 2. The Labute approximate surface area is 141 Å². The second-order valence-electron chi connectivity index (χ2n) is 5.59. The van der Waals surface area contributed by atoms with Gasteiger partial charge in [0, 0.05) is 12.7 Å². The number of amides is 1. The van der Waals surface area contributed by atoms with Gasteiger partial charge in [-0.1, -0.05) is 13.8 Å². The Morgan fingerprint density at radius 2 is 2.21 bits per heavy atom. The Kier molecular flexibility index (Phi) is 6.72. The molecule has 2 heterocycles. The molecule has 0 radical (unpaired) electrons. The largest absolute Gasteiger partial charge is 0.453 e. The van der Waals surface area contributed by atoms with Gasteiger partial charge in [0.1, 0.15) is 12.5 Å². The maximum Gasteiger partial charge on any atom is 0.409 e. The molecule has 0 spiro atoms. The molecular weight excluding hydrogens is 315 g/mol. The summed E-state index contributed by atoms with van der Waals surface area (Å²) in [6.45, 7) is 4.22. The van der Waals surface area contributed by atoms with E-state index in [1.165, 1.54) is 7.11 Å². The molecule has 1 amide bonds. The van der Waals surface area contributed by atoms with Gasteiger partial charge in [0.2, 0.25) is 0 Å². The number of aromatic nitrogens is 2. The SMILES string of the molecule is CCc1cnc(CC)c(N[C@@H]2CN(C(=O)OC)C[C@@H]2OCCF)n1. The number of hydrogen-bond donors (Lipinski definition) is 1. The van der Waals surface area contributed by atoms with E-state index in [4.69, 9.17) is 9.47 Å². The first kappa shape index (κ1) is 18.4. The molecular formula is C16H25FN4O3. The van der Waals surface area contributed by atoms with Gasteiger partial charge in [-0.25, -0.2) is 14.2 Å². The third-order valence-electron chi connectivity index (χ3n) is 4.03. The number of likely N-dealkylation sites (tertiary alicyclic amines) is 1. The van der Waals surface area contributed by atoms with Crippen molar-refractivity contribution in [3.05, 3.63) is 17.6 Å². The van der Waals surface area contributed by atoms with Crippen LogP contribution in [0.4, 0.5) is 15.0 Å². The fourth-order valence-electron chi connectivity index (χ4n) is 2.73. The van der Waals surface area contributed by atoms with Gasteiger partial charge >= 0.3 is 6.09 Å². The number of hydrogen-bond acceptors (Lipinski definition) is 6. The summed E-state index contributed by atoms with van der Waals surface area (Å²) in [7, 11) is 1.34. The average molecular weight is 340 g/mol. The van der Waals surface area contributed by atoms with E-state index in [0.29, 0.717) is 18.9 Å². The zero-order valence-electron chi connectivity index (χ0n) is 14.4. The summed E-state index contributed by atoms with van der Waals surface area (Å²) < 4.78 is 22.8. The minimum atomic E-state index is -0.563. The molecule has 1 aliphatic heterocycles. The summed E-state index contributed by atoms with van der Waals surface area (Å²) in [6, 6.07) is -0.192. The standard InChI is InChI=1S/C16H25FN4O3/c1-4-11-8-18-12(5-2)15(19-11)20-13-9-21(16(22)23-3)10-14(13)24-7-6-17/h8,13-14H,4-7,9-10H2,1-3H3,(H,19,20)/t13-,14+/m1/s1. The molecule has 1 aromatic heterocycles. The lowest BCUT2D eigenvalue weighted by atomic mass is 10.2. The highest BCUT2D eigenvalue weighted by Gasteiger charge is 2.37. The maximum absolute atomic E-state index is 12.5. The van der Waals surface area contributed by atoms with Crippen molar-refractivity contribution in [2.75, 3.05) is 38.8 Å². The van der Waals surface area contributed by atoms with Crippen molar-refractivity contribution in [2.24, 2.45) is 0 Å². The number of ether oxygens (including phenoxy) is 2. The Bertz CT molecular complexity index is 558. The van der Waals surface area contributed by atoms with Crippen molar-refractivity contribution < 1.29 is 18.7 Å². The molecule has 2 rings (SSSR count). The molecule has 8 heteroatoms. The highest BCUT2D eigenvalue weighted by molar-refractivity contribution is 5.68. The van der Waals surface area contributed by atoms with Crippen molar-refractivity contribution in [1.29, 1.82) is 0 Å². The molecule has 0 aromatic carbocycles. The topological polar surface area (TPSA) is 76.6 Å². The van der Waals surface area contributed by atoms with E-state index < -0.39 is 12.8 Å². The summed E-state index contributed by atoms with van der Waals surface area (Å²) >= 11 is 0. The van der Waals surface area contributed by atoms with Crippen LogP contribution in [0.5, 0.6) is 0 Å². The molecule has 2 atom stereocenters. The maximum atomic E-state index is 12.5. The fraction of sp³-hybridized carbons (Fsp3) is 0.688. The van der Waals surface area contributed by atoms with Crippen LogP contribution < -0.4 is 5.32 Å². The quantitative estimate of drug-likeness (QED) is 0.816. The Balaban J connectivity index is 2.16. The van der Waals surface area contributed by atoms with Crippen molar-refractivity contribution in [1.82, 2.24) is 14.9 Å². The van der Waals surface area contributed by atoms with E-state index >= 15 is 0 Å². The molecule has 1 N–H and O–H groups in total. The Morgan fingerprint density at radius 3 is 2.83 bits per heavy atom. The molecule has 134 valence electrons. The number of anilines is 1. The third-order valence-corrected chi connectivity index (χ3v) is 4.03. The van der Waals surface area contributed by atoms with E-state index in [1.54, 1.807) is 11.1 Å². The number of rotatable bonds is 7. The lowest BCUT2D eigenvalue weighted by Gasteiger charge is -2.21. The zero-order chi connectivity index (χ0) is 17.5. The van der Waals surface area contributed by atoms with Crippen LogP contribution in [-0.4, -0.2) is 66.6 Å². The molecule has 0 saturated carbocycles. The molecule has 7 nitrogen and oxygen atoms in total. The lowest BCUT2D eigenvalue weighted by molar-refractivity contribution is 0.0443. The van der Waals surface area contributed by atoms with Gasteiger partial charge in [-0.3, -0.25) is 4.98 Å². The summed E-state index contributed by atoms with van der Waals surface area (Å²) in [5, 5.41) is 3.33. The highest BCUT2D eigenvalue weighted by Crippen LogP contribution is 2.21. The first-order chi connectivity index (χ1) is 11.6. The fourth-order valence-corrected chi connectivity index (χ4v) is 2.73. The van der Waals surface area contributed by atoms with Gasteiger partial charge in [0.15, 0.2) is 0 Å². The molecule has 1 fully saturated rings. The predicted molar refractivity (Wildman–Crippen MR) is 87.9 cm³/mol. The van der Waals surface area contributed by atoms with Crippen molar-refractivity contribution in [3.8, 4) is 0 Å². The number of halogens is 1. The van der Waals surface area contributed by atoms with Crippen LogP contribution in [0.25, 0.3) is 0 Å². The first-order valence-corrected chi connectivity index (χ1v) is 8.24. The second kappa shape index (κ2) is 8.77. The predicted octanol–water partition coefficient (Wildman–Crippen LogP) is 1.82. The van der Waals surface area contributed by atoms with Gasteiger partial charge in [0.25, 0.3) is 0 Å². The van der Waals surface area contributed by atoms with Crippen molar-refractivity contribution in [3.63, 3.8) is 0 Å². The van der Waals surface area contributed by atoms with E-state index in [-0.39, 0.29) is 18.8 Å². The number of nitrogens with one attached hydrogen (secondary N) is 1.